The van der Waals surface area contributed by atoms with Gasteiger partial charge in [-0.05, 0) is 54.3 Å². The van der Waals surface area contributed by atoms with Crippen molar-refractivity contribution in [3.05, 3.63) is 48.0 Å². The topological polar surface area (TPSA) is 84.9 Å². The number of anilines is 1. The second kappa shape index (κ2) is 8.28. The molecule has 1 saturated heterocycles. The Bertz CT molecular complexity index is 1030. The van der Waals surface area contributed by atoms with Gasteiger partial charge in [-0.3, -0.25) is 4.79 Å². The van der Waals surface area contributed by atoms with E-state index in [4.69, 9.17) is 9.47 Å². The number of sulfonamides is 1. The fourth-order valence-electron chi connectivity index (χ4n) is 3.80. The molecule has 2 aromatic rings. The molecule has 160 valence electrons. The summed E-state index contributed by atoms with van der Waals surface area (Å²) in [7, 11) is -3.75. The number of ether oxygens (including phenoxy) is 2. The lowest BCUT2D eigenvalue weighted by molar-refractivity contribution is -0.117. The van der Waals surface area contributed by atoms with Crippen molar-refractivity contribution in [3.8, 4) is 11.5 Å². The van der Waals surface area contributed by atoms with E-state index in [9.17, 15) is 13.2 Å². The van der Waals surface area contributed by atoms with E-state index >= 15 is 0 Å². The molecule has 4 rings (SSSR count). The van der Waals surface area contributed by atoms with Gasteiger partial charge in [-0.25, -0.2) is 13.1 Å². The Balaban J connectivity index is 1.56. The molecule has 30 heavy (non-hydrogen) atoms. The van der Waals surface area contributed by atoms with Gasteiger partial charge in [-0.2, -0.15) is 0 Å². The summed E-state index contributed by atoms with van der Waals surface area (Å²) in [6.45, 7) is 5.58. The number of hydrogen-bond donors (Lipinski definition) is 1. The highest BCUT2D eigenvalue weighted by atomic mass is 32.2. The first-order valence-corrected chi connectivity index (χ1v) is 11.7. The van der Waals surface area contributed by atoms with Crippen LogP contribution in [0.5, 0.6) is 11.5 Å². The van der Waals surface area contributed by atoms with Gasteiger partial charge in [0.1, 0.15) is 13.2 Å². The third-order valence-electron chi connectivity index (χ3n) is 5.41. The average molecular weight is 431 g/mol. The van der Waals surface area contributed by atoms with Gasteiger partial charge in [0, 0.05) is 24.7 Å². The van der Waals surface area contributed by atoms with Crippen molar-refractivity contribution in [2.45, 2.75) is 37.6 Å². The molecule has 0 spiro atoms. The van der Waals surface area contributed by atoms with Crippen LogP contribution < -0.4 is 19.1 Å². The number of amides is 1. The van der Waals surface area contributed by atoms with E-state index in [0.29, 0.717) is 37.7 Å². The molecule has 1 N–H and O–H groups in total. The molecular formula is C22H26N2O5S. The molecule has 0 aromatic heterocycles. The minimum Gasteiger partial charge on any atom is -0.486 e. The Morgan fingerprint density at radius 1 is 1.00 bits per heavy atom. The molecule has 0 saturated carbocycles. The maximum atomic E-state index is 13.1. The summed E-state index contributed by atoms with van der Waals surface area (Å²) < 4.78 is 40.1. The molecule has 1 unspecified atom stereocenters. The Morgan fingerprint density at radius 2 is 1.70 bits per heavy atom. The van der Waals surface area contributed by atoms with Crippen molar-refractivity contribution in [3.63, 3.8) is 0 Å². The lowest BCUT2D eigenvalue weighted by Gasteiger charge is -2.25. The second-order valence-corrected chi connectivity index (χ2v) is 9.60. The lowest BCUT2D eigenvalue weighted by atomic mass is 9.97. The molecule has 1 amide bonds. The van der Waals surface area contributed by atoms with Gasteiger partial charge in [0.15, 0.2) is 11.5 Å². The molecule has 2 aliphatic heterocycles. The van der Waals surface area contributed by atoms with Crippen LogP contribution in [0.4, 0.5) is 5.69 Å². The highest BCUT2D eigenvalue weighted by molar-refractivity contribution is 7.89. The van der Waals surface area contributed by atoms with Crippen molar-refractivity contribution in [1.29, 1.82) is 0 Å². The fraction of sp³-hybridized carbons (Fsp3) is 0.409. The van der Waals surface area contributed by atoms with Crippen molar-refractivity contribution in [2.24, 2.45) is 5.92 Å². The van der Waals surface area contributed by atoms with Crippen molar-refractivity contribution in [1.82, 2.24) is 4.72 Å². The predicted octanol–water partition coefficient (Wildman–Crippen LogP) is 3.26. The monoisotopic (exact) mass is 430 g/mol. The van der Waals surface area contributed by atoms with Crippen molar-refractivity contribution in [2.75, 3.05) is 24.7 Å². The van der Waals surface area contributed by atoms with Crippen LogP contribution in [-0.2, 0) is 14.8 Å². The van der Waals surface area contributed by atoms with Crippen LogP contribution in [0, 0.1) is 5.92 Å². The average Bonchev–Trinajstić information content (AvgIpc) is 3.17. The second-order valence-electron chi connectivity index (χ2n) is 7.89. The van der Waals surface area contributed by atoms with E-state index in [1.54, 1.807) is 29.2 Å². The smallest absolute Gasteiger partial charge is 0.241 e. The Morgan fingerprint density at radius 3 is 2.33 bits per heavy atom. The number of nitrogens with zero attached hydrogens (tertiary/aromatic N) is 1. The molecule has 1 atom stereocenters. The van der Waals surface area contributed by atoms with Crippen LogP contribution in [0.25, 0.3) is 0 Å². The minimum absolute atomic E-state index is 0.0174. The van der Waals surface area contributed by atoms with Crippen LogP contribution in [0.15, 0.2) is 47.4 Å². The third kappa shape index (κ3) is 4.15. The first-order chi connectivity index (χ1) is 14.3. The number of carbonyl (C=O) groups is 1. The molecule has 8 heteroatoms. The normalized spacial score (nSPS) is 17.4. The minimum atomic E-state index is -3.75. The van der Waals surface area contributed by atoms with E-state index in [1.165, 1.54) is 0 Å². The van der Waals surface area contributed by atoms with E-state index in [1.807, 2.05) is 32.0 Å². The zero-order valence-corrected chi connectivity index (χ0v) is 17.9. The van der Waals surface area contributed by atoms with Gasteiger partial charge in [-0.1, -0.05) is 19.9 Å². The molecule has 0 bridgehead atoms. The summed E-state index contributed by atoms with van der Waals surface area (Å²) in [5.74, 6) is 1.39. The quantitative estimate of drug-likeness (QED) is 0.760. The maximum absolute atomic E-state index is 13.1. The largest absolute Gasteiger partial charge is 0.486 e. The summed E-state index contributed by atoms with van der Waals surface area (Å²) in [5.41, 5.74) is 1.54. The first-order valence-electron chi connectivity index (χ1n) is 10.2. The molecule has 0 aliphatic carbocycles. The molecule has 2 aliphatic rings. The third-order valence-corrected chi connectivity index (χ3v) is 6.86. The van der Waals surface area contributed by atoms with Crippen LogP contribution in [0.2, 0.25) is 0 Å². The number of nitrogens with one attached hydrogen (secondary N) is 1. The maximum Gasteiger partial charge on any atom is 0.241 e. The molecule has 2 heterocycles. The lowest BCUT2D eigenvalue weighted by Crippen LogP contribution is -2.32. The highest BCUT2D eigenvalue weighted by Crippen LogP contribution is 2.35. The fourth-order valence-corrected chi connectivity index (χ4v) is 5.18. The number of rotatable bonds is 6. The summed E-state index contributed by atoms with van der Waals surface area (Å²) in [5, 5.41) is 0. The number of benzene rings is 2. The van der Waals surface area contributed by atoms with E-state index in [0.717, 1.165) is 17.7 Å². The van der Waals surface area contributed by atoms with Gasteiger partial charge in [-0.15, -0.1) is 0 Å². The molecular weight excluding hydrogens is 404 g/mol. The Labute approximate surface area is 177 Å². The Hall–Kier alpha value is -2.58. The van der Waals surface area contributed by atoms with E-state index < -0.39 is 16.1 Å². The molecule has 1 fully saturated rings. The van der Waals surface area contributed by atoms with E-state index in [-0.39, 0.29) is 16.7 Å². The number of fused-ring (bicyclic) bond motifs is 1. The zero-order chi connectivity index (χ0) is 21.3. The van der Waals surface area contributed by atoms with Crippen molar-refractivity contribution >= 4 is 21.6 Å². The van der Waals surface area contributed by atoms with Crippen LogP contribution in [-0.4, -0.2) is 34.1 Å². The van der Waals surface area contributed by atoms with Crippen LogP contribution in [0.3, 0.4) is 0 Å². The van der Waals surface area contributed by atoms with Crippen LogP contribution >= 0.6 is 0 Å². The molecule has 0 radical (unpaired) electrons. The highest BCUT2D eigenvalue weighted by Gasteiger charge is 2.27. The summed E-state index contributed by atoms with van der Waals surface area (Å²) in [6, 6.07) is 11.6. The Kier molecular flexibility index (Phi) is 5.71. The van der Waals surface area contributed by atoms with Gasteiger partial charge in [0.2, 0.25) is 15.9 Å². The summed E-state index contributed by atoms with van der Waals surface area (Å²) in [6.07, 6.45) is 1.36. The SMILES string of the molecule is CC(C)C(NS(=O)(=O)c1ccc(N2CCCC2=O)cc1)c1ccc2c(c1)OCCO2. The molecule has 2 aromatic carbocycles. The zero-order valence-electron chi connectivity index (χ0n) is 17.1. The number of carbonyl (C=O) groups excluding carboxylic acids is 1. The summed E-state index contributed by atoms with van der Waals surface area (Å²) >= 11 is 0. The van der Waals surface area contributed by atoms with Crippen LogP contribution in [0.1, 0.15) is 38.3 Å². The van der Waals surface area contributed by atoms with Gasteiger partial charge >= 0.3 is 0 Å². The standard InChI is InChI=1S/C22H26N2O5S/c1-15(2)22(16-5-10-19-20(14-16)29-13-12-28-19)23-30(26,27)18-8-6-17(7-9-18)24-11-3-4-21(24)25/h5-10,14-15,22-23H,3-4,11-13H2,1-2H3. The molecule has 7 nitrogen and oxygen atoms in total. The van der Waals surface area contributed by atoms with Crippen molar-refractivity contribution < 1.29 is 22.7 Å². The van der Waals surface area contributed by atoms with E-state index in [2.05, 4.69) is 4.72 Å². The first kappa shape index (κ1) is 20.7. The predicted molar refractivity (Wildman–Crippen MR) is 113 cm³/mol. The number of hydrogen-bond acceptors (Lipinski definition) is 5. The van der Waals surface area contributed by atoms with Gasteiger partial charge < -0.3 is 14.4 Å². The van der Waals surface area contributed by atoms with Gasteiger partial charge in [0.05, 0.1) is 4.90 Å². The summed E-state index contributed by atoms with van der Waals surface area (Å²) in [4.78, 5) is 13.8. The van der Waals surface area contributed by atoms with Gasteiger partial charge in [0.25, 0.3) is 0 Å².